The first kappa shape index (κ1) is 17.4. The number of aromatic nitrogens is 6. The van der Waals surface area contributed by atoms with Crippen LogP contribution in [0.25, 0.3) is 5.78 Å². The molecule has 2 N–H and O–H groups in total. The average molecular weight is 399 g/mol. The topological polar surface area (TPSA) is 118 Å². The first-order chi connectivity index (χ1) is 13.1. The van der Waals surface area contributed by atoms with E-state index in [9.17, 15) is 9.59 Å². The molecule has 0 bridgehead atoms. The van der Waals surface area contributed by atoms with E-state index < -0.39 is 0 Å². The molecule has 0 spiro atoms. The molecule has 4 rings (SSSR count). The van der Waals surface area contributed by atoms with Crippen LogP contribution in [0.15, 0.2) is 45.8 Å². The molecule has 0 unspecified atom stereocenters. The smallest absolute Gasteiger partial charge is 0.274 e. The summed E-state index contributed by atoms with van der Waals surface area (Å²) in [5.41, 5.74) is 2.01. The fraction of sp³-hybridized carbons (Fsp3) is 0.125. The average Bonchev–Trinajstić information content (AvgIpc) is 3.30. The summed E-state index contributed by atoms with van der Waals surface area (Å²) in [5.74, 6) is 0.530. The van der Waals surface area contributed by atoms with Gasteiger partial charge in [0.05, 0.1) is 5.69 Å². The van der Waals surface area contributed by atoms with Crippen molar-refractivity contribution in [1.29, 1.82) is 0 Å². The number of H-pyrrole nitrogens is 1. The molecule has 3 heterocycles. The Morgan fingerprint density at radius 1 is 1.30 bits per heavy atom. The van der Waals surface area contributed by atoms with Gasteiger partial charge in [0.25, 0.3) is 17.2 Å². The van der Waals surface area contributed by atoms with Gasteiger partial charge in [-0.3, -0.25) is 20.0 Å². The lowest BCUT2D eigenvalue weighted by Crippen LogP contribution is -2.15. The van der Waals surface area contributed by atoms with Crippen molar-refractivity contribution in [2.24, 2.45) is 0 Å². The standard InChI is InChI=1S/C16H13N7O2S2/c1-9-2-4-10(5-3-9)13(25)20-15-21-22-16(27-15)26-7-11-6-12(24)23-14(19-11)17-8-18-23/h2-6,8H,7H2,1H3,(H,17,18,19)(H,20,21,25). The third-order valence-electron chi connectivity index (χ3n) is 3.61. The minimum Gasteiger partial charge on any atom is -0.296 e. The minimum absolute atomic E-state index is 0.226. The second kappa shape index (κ2) is 7.29. The van der Waals surface area contributed by atoms with Gasteiger partial charge in [0.2, 0.25) is 5.13 Å². The summed E-state index contributed by atoms with van der Waals surface area (Å²) in [4.78, 5) is 32.4. The van der Waals surface area contributed by atoms with E-state index in [0.717, 1.165) is 5.56 Å². The SMILES string of the molecule is Cc1ccc(C(=O)Nc2nnc(SCc3cc(=O)n4[nH]cnc4n3)s2)cc1. The lowest BCUT2D eigenvalue weighted by Gasteiger charge is -2.01. The number of carbonyl (C=O) groups is 1. The first-order valence-corrected chi connectivity index (χ1v) is 9.65. The van der Waals surface area contributed by atoms with Gasteiger partial charge in [0, 0.05) is 17.4 Å². The Balaban J connectivity index is 1.41. The first-order valence-electron chi connectivity index (χ1n) is 7.85. The van der Waals surface area contributed by atoms with Crippen molar-refractivity contribution in [3.63, 3.8) is 0 Å². The van der Waals surface area contributed by atoms with Gasteiger partial charge >= 0.3 is 0 Å². The summed E-state index contributed by atoms with van der Waals surface area (Å²) in [6, 6.07) is 8.72. The molecule has 9 nitrogen and oxygen atoms in total. The van der Waals surface area contributed by atoms with Gasteiger partial charge in [-0.15, -0.1) is 10.2 Å². The van der Waals surface area contributed by atoms with Crippen LogP contribution in [0.2, 0.25) is 0 Å². The molecule has 0 radical (unpaired) electrons. The van der Waals surface area contributed by atoms with Crippen LogP contribution in [0.3, 0.4) is 0 Å². The predicted molar refractivity (Wildman–Crippen MR) is 102 cm³/mol. The van der Waals surface area contributed by atoms with Crippen LogP contribution in [-0.4, -0.2) is 35.7 Å². The van der Waals surface area contributed by atoms with Crippen LogP contribution in [0.4, 0.5) is 5.13 Å². The number of anilines is 1. The molecule has 3 aromatic heterocycles. The molecule has 11 heteroatoms. The summed E-state index contributed by atoms with van der Waals surface area (Å²) >= 11 is 2.65. The van der Waals surface area contributed by atoms with Gasteiger partial charge in [-0.2, -0.15) is 4.52 Å². The summed E-state index contributed by atoms with van der Waals surface area (Å²) < 4.78 is 1.93. The molecular weight excluding hydrogens is 386 g/mol. The normalized spacial score (nSPS) is 11.0. The molecule has 0 saturated carbocycles. The molecular formula is C16H13N7O2S2. The zero-order valence-electron chi connectivity index (χ0n) is 14.0. The summed E-state index contributed by atoms with van der Waals surface area (Å²) in [6.45, 7) is 1.96. The Morgan fingerprint density at radius 2 is 2.11 bits per heavy atom. The highest BCUT2D eigenvalue weighted by molar-refractivity contribution is 8.00. The highest BCUT2D eigenvalue weighted by atomic mass is 32.2. The second-order valence-corrected chi connectivity index (χ2v) is 7.79. The number of hydrogen-bond acceptors (Lipinski definition) is 8. The van der Waals surface area contributed by atoms with Crippen LogP contribution in [0.1, 0.15) is 21.6 Å². The van der Waals surface area contributed by atoms with E-state index in [1.54, 1.807) is 12.1 Å². The van der Waals surface area contributed by atoms with E-state index in [1.807, 2.05) is 19.1 Å². The van der Waals surface area contributed by atoms with Crippen molar-refractivity contribution in [1.82, 2.24) is 29.8 Å². The predicted octanol–water partition coefficient (Wildman–Crippen LogP) is 2.12. The molecule has 136 valence electrons. The number of nitrogens with one attached hydrogen (secondary N) is 2. The number of rotatable bonds is 5. The summed E-state index contributed by atoms with van der Waals surface area (Å²) in [7, 11) is 0. The number of carbonyl (C=O) groups excluding carboxylic acids is 1. The largest absolute Gasteiger partial charge is 0.296 e. The van der Waals surface area contributed by atoms with Crippen LogP contribution in [-0.2, 0) is 5.75 Å². The maximum atomic E-state index is 12.2. The third-order valence-corrected chi connectivity index (χ3v) is 5.61. The molecule has 27 heavy (non-hydrogen) atoms. The number of thioether (sulfide) groups is 1. The Bertz CT molecular complexity index is 1160. The van der Waals surface area contributed by atoms with Gasteiger partial charge in [-0.05, 0) is 19.1 Å². The van der Waals surface area contributed by atoms with Crippen LogP contribution >= 0.6 is 23.1 Å². The van der Waals surface area contributed by atoms with Crippen LogP contribution in [0, 0.1) is 6.92 Å². The summed E-state index contributed by atoms with van der Waals surface area (Å²) in [6.07, 6.45) is 1.41. The Labute approximate surface area is 160 Å². The van der Waals surface area contributed by atoms with E-state index >= 15 is 0 Å². The Morgan fingerprint density at radius 3 is 2.93 bits per heavy atom. The van der Waals surface area contributed by atoms with E-state index in [1.165, 1.54) is 40.0 Å². The maximum absolute atomic E-state index is 12.2. The van der Waals surface area contributed by atoms with E-state index in [4.69, 9.17) is 0 Å². The van der Waals surface area contributed by atoms with Gasteiger partial charge < -0.3 is 0 Å². The fourth-order valence-electron chi connectivity index (χ4n) is 2.27. The zero-order chi connectivity index (χ0) is 18.8. The van der Waals surface area contributed by atoms with Crippen molar-refractivity contribution < 1.29 is 4.79 Å². The highest BCUT2D eigenvalue weighted by Crippen LogP contribution is 2.28. The van der Waals surface area contributed by atoms with E-state index in [0.29, 0.717) is 32.3 Å². The number of aromatic amines is 1. The van der Waals surface area contributed by atoms with E-state index in [2.05, 4.69) is 30.6 Å². The molecule has 1 amide bonds. The van der Waals surface area contributed by atoms with Crippen molar-refractivity contribution in [2.45, 2.75) is 17.0 Å². The second-order valence-electron chi connectivity index (χ2n) is 5.59. The minimum atomic E-state index is -0.235. The molecule has 0 aliphatic rings. The number of benzene rings is 1. The molecule has 0 fully saturated rings. The zero-order valence-corrected chi connectivity index (χ0v) is 15.7. The molecule has 4 aromatic rings. The lowest BCUT2D eigenvalue weighted by molar-refractivity contribution is 0.102. The fourth-order valence-corrected chi connectivity index (χ4v) is 3.91. The number of aryl methyl sites for hydroxylation is 1. The molecule has 1 aromatic carbocycles. The number of nitrogens with zero attached hydrogens (tertiary/aromatic N) is 5. The number of amides is 1. The molecule has 0 atom stereocenters. The van der Waals surface area contributed by atoms with Crippen molar-refractivity contribution in [2.75, 3.05) is 5.32 Å². The van der Waals surface area contributed by atoms with Crippen molar-refractivity contribution in [3.05, 3.63) is 63.8 Å². The monoisotopic (exact) mass is 399 g/mol. The van der Waals surface area contributed by atoms with Gasteiger partial charge in [0.1, 0.15) is 6.33 Å². The molecule has 0 saturated heterocycles. The summed E-state index contributed by atoms with van der Waals surface area (Å²) in [5, 5.41) is 13.9. The van der Waals surface area contributed by atoms with Gasteiger partial charge in [-0.25, -0.2) is 9.97 Å². The third kappa shape index (κ3) is 3.88. The molecule has 0 aliphatic heterocycles. The Hall–Kier alpha value is -3.05. The van der Waals surface area contributed by atoms with Gasteiger partial charge in [0.15, 0.2) is 4.34 Å². The van der Waals surface area contributed by atoms with Crippen LogP contribution < -0.4 is 10.9 Å². The number of fused-ring (bicyclic) bond motifs is 1. The lowest BCUT2D eigenvalue weighted by atomic mass is 10.1. The quantitative estimate of drug-likeness (QED) is 0.390. The van der Waals surface area contributed by atoms with Gasteiger partial charge in [-0.1, -0.05) is 40.8 Å². The highest BCUT2D eigenvalue weighted by Gasteiger charge is 2.11. The number of hydrogen-bond donors (Lipinski definition) is 2. The van der Waals surface area contributed by atoms with Crippen LogP contribution in [0.5, 0.6) is 0 Å². The Kier molecular flexibility index (Phi) is 4.69. The molecule has 0 aliphatic carbocycles. The van der Waals surface area contributed by atoms with E-state index in [-0.39, 0.29) is 11.5 Å². The van der Waals surface area contributed by atoms with Crippen molar-refractivity contribution >= 4 is 39.9 Å². The maximum Gasteiger partial charge on any atom is 0.274 e. The van der Waals surface area contributed by atoms with Crippen molar-refractivity contribution in [3.8, 4) is 0 Å².